The number of benzene rings is 2. The van der Waals surface area contributed by atoms with E-state index in [4.69, 9.17) is 0 Å². The van der Waals surface area contributed by atoms with Crippen LogP contribution in [0.3, 0.4) is 0 Å². The van der Waals surface area contributed by atoms with Crippen molar-refractivity contribution in [2.75, 3.05) is 43.9 Å². The Morgan fingerprint density at radius 2 is 1.78 bits per heavy atom. The van der Waals surface area contributed by atoms with E-state index in [0.717, 1.165) is 21.1 Å². The molecule has 1 amide bonds. The second-order valence-corrected chi connectivity index (χ2v) is 10.3. The summed E-state index contributed by atoms with van der Waals surface area (Å²) < 4.78 is 28.5. The zero-order valence-corrected chi connectivity index (χ0v) is 19.5. The highest BCUT2D eigenvalue weighted by Crippen LogP contribution is 2.38. The summed E-state index contributed by atoms with van der Waals surface area (Å²) in [6, 6.07) is 12.9. The normalized spacial score (nSPS) is 14.8. The van der Waals surface area contributed by atoms with Crippen molar-refractivity contribution in [3.05, 3.63) is 48.7 Å². The van der Waals surface area contributed by atoms with Gasteiger partial charge in [-0.2, -0.15) is 4.31 Å². The molecule has 0 aliphatic carbocycles. The maximum absolute atomic E-state index is 13.5. The van der Waals surface area contributed by atoms with E-state index >= 15 is 0 Å². The molecule has 3 N–H and O–H groups in total. The summed E-state index contributed by atoms with van der Waals surface area (Å²) in [6.45, 7) is 3.41. The van der Waals surface area contributed by atoms with Gasteiger partial charge >= 0.3 is 0 Å². The Morgan fingerprint density at radius 1 is 1.09 bits per heavy atom. The summed E-state index contributed by atoms with van der Waals surface area (Å²) >= 11 is 1.44. The van der Waals surface area contributed by atoms with Crippen LogP contribution in [0.4, 0.5) is 11.4 Å². The summed E-state index contributed by atoms with van der Waals surface area (Å²) in [4.78, 5) is 17.0. The van der Waals surface area contributed by atoms with E-state index in [1.807, 2.05) is 31.3 Å². The van der Waals surface area contributed by atoms with Gasteiger partial charge in [-0.15, -0.1) is 11.3 Å². The first-order valence-corrected chi connectivity index (χ1v) is 12.5. The maximum Gasteiger partial charge on any atom is 0.243 e. The number of aromatic nitrogens is 1. The molecule has 32 heavy (non-hydrogen) atoms. The lowest BCUT2D eigenvalue weighted by atomic mass is 10.2. The molecule has 0 unspecified atom stereocenters. The van der Waals surface area contributed by atoms with Crippen molar-refractivity contribution < 1.29 is 13.2 Å². The number of thiazole rings is 1. The van der Waals surface area contributed by atoms with Crippen LogP contribution in [0.15, 0.2) is 53.6 Å². The van der Waals surface area contributed by atoms with Crippen LogP contribution in [0.5, 0.6) is 0 Å². The van der Waals surface area contributed by atoms with Gasteiger partial charge < -0.3 is 16.0 Å². The number of nitrogens with one attached hydrogen (secondary N) is 3. The standard InChI is InChI=1S/C22H25N5O3S2/c1-15(28)26-18-7-8-19(21(13-18)32(29,30)27-11-9-24-10-12-27)20-14-25-22(31-20)16-3-5-17(23-2)6-4-16/h3-8,13-14,23-24H,9-12H2,1-2H3,(H,26,28). The van der Waals surface area contributed by atoms with E-state index in [0.29, 0.717) is 37.4 Å². The number of sulfonamides is 1. The van der Waals surface area contributed by atoms with Crippen LogP contribution in [0, 0.1) is 0 Å². The van der Waals surface area contributed by atoms with Crippen molar-refractivity contribution in [1.82, 2.24) is 14.6 Å². The van der Waals surface area contributed by atoms with E-state index in [2.05, 4.69) is 20.9 Å². The number of amides is 1. The third-order valence-electron chi connectivity index (χ3n) is 5.19. The number of nitrogens with zero attached hydrogens (tertiary/aromatic N) is 2. The van der Waals surface area contributed by atoms with Crippen molar-refractivity contribution in [2.45, 2.75) is 11.8 Å². The SMILES string of the molecule is CNc1ccc(-c2ncc(-c3ccc(NC(C)=O)cc3S(=O)(=O)N3CCNCC3)s2)cc1. The van der Waals surface area contributed by atoms with E-state index in [9.17, 15) is 13.2 Å². The lowest BCUT2D eigenvalue weighted by molar-refractivity contribution is -0.114. The monoisotopic (exact) mass is 471 g/mol. The zero-order chi connectivity index (χ0) is 22.7. The van der Waals surface area contributed by atoms with Gasteiger partial charge in [-0.25, -0.2) is 13.4 Å². The van der Waals surface area contributed by atoms with Crippen molar-refractivity contribution in [1.29, 1.82) is 0 Å². The smallest absolute Gasteiger partial charge is 0.243 e. The van der Waals surface area contributed by atoms with Crippen LogP contribution < -0.4 is 16.0 Å². The topological polar surface area (TPSA) is 103 Å². The number of rotatable bonds is 6. The fraction of sp³-hybridized carbons (Fsp3) is 0.273. The molecule has 10 heteroatoms. The van der Waals surface area contributed by atoms with E-state index < -0.39 is 10.0 Å². The van der Waals surface area contributed by atoms with Crippen molar-refractivity contribution in [2.24, 2.45) is 0 Å². The molecule has 0 saturated carbocycles. The highest BCUT2D eigenvalue weighted by molar-refractivity contribution is 7.89. The van der Waals surface area contributed by atoms with Crippen LogP contribution >= 0.6 is 11.3 Å². The van der Waals surface area contributed by atoms with Gasteiger partial charge in [0, 0.05) is 68.8 Å². The molecular formula is C22H25N5O3S2. The Bertz CT molecular complexity index is 1220. The number of carbonyl (C=O) groups excluding carboxylic acids is 1. The molecule has 1 aromatic heterocycles. The molecule has 8 nitrogen and oxygen atoms in total. The average molecular weight is 472 g/mol. The Morgan fingerprint density at radius 3 is 2.44 bits per heavy atom. The van der Waals surface area contributed by atoms with Gasteiger partial charge in [0.1, 0.15) is 5.01 Å². The predicted octanol–water partition coefficient (Wildman–Crippen LogP) is 3.07. The van der Waals surface area contributed by atoms with Gasteiger partial charge in [0.15, 0.2) is 0 Å². The van der Waals surface area contributed by atoms with Gasteiger partial charge in [-0.1, -0.05) is 6.07 Å². The van der Waals surface area contributed by atoms with Crippen LogP contribution in [0.25, 0.3) is 21.0 Å². The largest absolute Gasteiger partial charge is 0.388 e. The number of piperazine rings is 1. The lowest BCUT2D eigenvalue weighted by Gasteiger charge is -2.27. The molecule has 1 fully saturated rings. The fourth-order valence-electron chi connectivity index (χ4n) is 3.56. The molecule has 3 aromatic rings. The van der Waals surface area contributed by atoms with Crippen LogP contribution in [0.1, 0.15) is 6.92 Å². The maximum atomic E-state index is 13.5. The van der Waals surface area contributed by atoms with Crippen molar-refractivity contribution in [3.8, 4) is 21.0 Å². The third-order valence-corrected chi connectivity index (χ3v) is 8.21. The van der Waals surface area contributed by atoms with Crippen LogP contribution in [-0.2, 0) is 14.8 Å². The predicted molar refractivity (Wildman–Crippen MR) is 128 cm³/mol. The molecule has 1 aliphatic heterocycles. The fourth-order valence-corrected chi connectivity index (χ4v) is 6.25. The quantitative estimate of drug-likeness (QED) is 0.511. The Labute approximate surface area is 191 Å². The molecule has 2 aromatic carbocycles. The van der Waals surface area contributed by atoms with Gasteiger partial charge in [0.05, 0.1) is 9.77 Å². The third kappa shape index (κ3) is 4.68. The molecule has 1 saturated heterocycles. The van der Waals surface area contributed by atoms with Gasteiger partial charge in [0.25, 0.3) is 0 Å². The second kappa shape index (κ2) is 9.37. The molecule has 0 bridgehead atoms. The Kier molecular flexibility index (Phi) is 6.56. The van der Waals surface area contributed by atoms with Crippen molar-refractivity contribution >= 4 is 38.6 Å². The van der Waals surface area contributed by atoms with Crippen molar-refractivity contribution in [3.63, 3.8) is 0 Å². The molecular weight excluding hydrogens is 446 g/mol. The van der Waals surface area contributed by atoms with Gasteiger partial charge in [0.2, 0.25) is 15.9 Å². The Balaban J connectivity index is 1.76. The molecule has 4 rings (SSSR count). The molecule has 0 spiro atoms. The number of hydrogen-bond acceptors (Lipinski definition) is 7. The minimum absolute atomic E-state index is 0.173. The summed E-state index contributed by atoms with van der Waals surface area (Å²) in [5.74, 6) is -0.256. The molecule has 0 atom stereocenters. The highest BCUT2D eigenvalue weighted by atomic mass is 32.2. The highest BCUT2D eigenvalue weighted by Gasteiger charge is 2.29. The first-order chi connectivity index (χ1) is 15.4. The molecule has 1 aliphatic rings. The first-order valence-electron chi connectivity index (χ1n) is 10.3. The van der Waals surface area contributed by atoms with Crippen LogP contribution in [0.2, 0.25) is 0 Å². The zero-order valence-electron chi connectivity index (χ0n) is 17.9. The number of carbonyl (C=O) groups is 1. The minimum atomic E-state index is -3.75. The molecule has 0 radical (unpaired) electrons. The first kappa shape index (κ1) is 22.4. The lowest BCUT2D eigenvalue weighted by Crippen LogP contribution is -2.46. The van der Waals surface area contributed by atoms with E-state index in [1.54, 1.807) is 18.3 Å². The summed E-state index contributed by atoms with van der Waals surface area (Å²) in [7, 11) is -1.89. The molecule has 2 heterocycles. The van der Waals surface area contributed by atoms with Crippen LogP contribution in [-0.4, -0.2) is 56.8 Å². The van der Waals surface area contributed by atoms with E-state index in [1.165, 1.54) is 28.6 Å². The molecule has 168 valence electrons. The average Bonchev–Trinajstić information content (AvgIpc) is 3.29. The summed E-state index contributed by atoms with van der Waals surface area (Å²) in [6.07, 6.45) is 1.70. The second-order valence-electron chi connectivity index (χ2n) is 7.40. The summed E-state index contributed by atoms with van der Waals surface area (Å²) in [5.41, 5.74) is 2.99. The van der Waals surface area contributed by atoms with E-state index in [-0.39, 0.29) is 10.8 Å². The minimum Gasteiger partial charge on any atom is -0.388 e. The Hall–Kier alpha value is -2.79. The van der Waals surface area contributed by atoms with Gasteiger partial charge in [-0.05, 0) is 36.4 Å². The summed E-state index contributed by atoms with van der Waals surface area (Å²) in [5, 5.41) is 9.76. The number of hydrogen-bond donors (Lipinski definition) is 3. The number of anilines is 2. The van der Waals surface area contributed by atoms with Gasteiger partial charge in [-0.3, -0.25) is 4.79 Å².